The van der Waals surface area contributed by atoms with Gasteiger partial charge in [-0.1, -0.05) is 13.8 Å². The van der Waals surface area contributed by atoms with Crippen LogP contribution in [0.2, 0.25) is 0 Å². The Kier molecular flexibility index (Phi) is 6.21. The summed E-state index contributed by atoms with van der Waals surface area (Å²) in [5.41, 5.74) is 0.326. The van der Waals surface area contributed by atoms with Crippen LogP contribution < -0.4 is 10.1 Å². The zero-order valence-electron chi connectivity index (χ0n) is 14.7. The predicted octanol–water partition coefficient (Wildman–Crippen LogP) is 3.35. The molecule has 0 aliphatic carbocycles. The molecule has 1 N–H and O–H groups in total. The standard InChI is InChI=1S/C17H22N2O4S2/c1-5-19(6-2)25(21,22)13-8-9-15(23-4)14(11-13)18-17(20)16-10-7-12(3)24-16/h7-11H,5-6H2,1-4H3,(H,18,20). The molecule has 136 valence electrons. The van der Waals surface area contributed by atoms with Crippen molar-refractivity contribution in [2.24, 2.45) is 0 Å². The molecule has 2 aromatic rings. The Labute approximate surface area is 152 Å². The van der Waals surface area contributed by atoms with E-state index in [9.17, 15) is 13.2 Å². The summed E-state index contributed by atoms with van der Waals surface area (Å²) < 4.78 is 32.0. The van der Waals surface area contributed by atoms with Gasteiger partial charge in [-0.3, -0.25) is 4.79 Å². The quantitative estimate of drug-likeness (QED) is 0.797. The third-order valence-corrected chi connectivity index (χ3v) is 6.77. The maximum Gasteiger partial charge on any atom is 0.265 e. The number of amides is 1. The maximum atomic E-state index is 12.7. The zero-order chi connectivity index (χ0) is 18.6. The van der Waals surface area contributed by atoms with Crippen molar-refractivity contribution in [3.63, 3.8) is 0 Å². The first-order valence-electron chi connectivity index (χ1n) is 7.89. The Morgan fingerprint density at radius 1 is 1.20 bits per heavy atom. The first-order chi connectivity index (χ1) is 11.8. The third-order valence-electron chi connectivity index (χ3n) is 3.73. The summed E-state index contributed by atoms with van der Waals surface area (Å²) >= 11 is 1.37. The molecule has 8 heteroatoms. The average Bonchev–Trinajstić information content (AvgIpc) is 3.02. The van der Waals surface area contributed by atoms with Gasteiger partial charge in [0.05, 0.1) is 22.6 Å². The number of carbonyl (C=O) groups is 1. The number of methoxy groups -OCH3 is 1. The van der Waals surface area contributed by atoms with Crippen LogP contribution in [0.25, 0.3) is 0 Å². The van der Waals surface area contributed by atoms with E-state index in [-0.39, 0.29) is 10.8 Å². The van der Waals surface area contributed by atoms with E-state index in [4.69, 9.17) is 4.74 Å². The molecule has 0 atom stereocenters. The summed E-state index contributed by atoms with van der Waals surface area (Å²) in [6, 6.07) is 8.06. The fourth-order valence-electron chi connectivity index (χ4n) is 2.40. The summed E-state index contributed by atoms with van der Waals surface area (Å²) in [4.78, 5) is 14.1. The number of hydrogen-bond acceptors (Lipinski definition) is 5. The van der Waals surface area contributed by atoms with Gasteiger partial charge in [0.1, 0.15) is 5.75 Å². The monoisotopic (exact) mass is 382 g/mol. The molecule has 0 bridgehead atoms. The lowest BCUT2D eigenvalue weighted by Crippen LogP contribution is -2.30. The lowest BCUT2D eigenvalue weighted by atomic mass is 10.3. The lowest BCUT2D eigenvalue weighted by Gasteiger charge is -2.19. The largest absolute Gasteiger partial charge is 0.495 e. The maximum absolute atomic E-state index is 12.7. The third kappa shape index (κ3) is 4.20. The molecule has 1 aromatic carbocycles. The van der Waals surface area contributed by atoms with E-state index in [1.807, 2.05) is 13.0 Å². The summed E-state index contributed by atoms with van der Waals surface area (Å²) in [5, 5.41) is 2.74. The van der Waals surface area contributed by atoms with E-state index in [2.05, 4.69) is 5.32 Å². The van der Waals surface area contributed by atoms with Gasteiger partial charge in [0.15, 0.2) is 0 Å². The SMILES string of the molecule is CCN(CC)S(=O)(=O)c1ccc(OC)c(NC(=O)c2ccc(C)s2)c1. The van der Waals surface area contributed by atoms with Gasteiger partial charge in [0, 0.05) is 18.0 Å². The highest BCUT2D eigenvalue weighted by Gasteiger charge is 2.23. The second kappa shape index (κ2) is 7.99. The van der Waals surface area contributed by atoms with Crippen molar-refractivity contribution in [3.8, 4) is 5.75 Å². The first kappa shape index (κ1) is 19.4. The lowest BCUT2D eigenvalue weighted by molar-refractivity contribution is 0.103. The summed E-state index contributed by atoms with van der Waals surface area (Å²) in [5.74, 6) is 0.105. The minimum atomic E-state index is -3.62. The van der Waals surface area contributed by atoms with Crippen LogP contribution >= 0.6 is 11.3 Å². The molecule has 0 aliphatic heterocycles. The van der Waals surface area contributed by atoms with Gasteiger partial charge in [-0.15, -0.1) is 11.3 Å². The Balaban J connectivity index is 2.39. The van der Waals surface area contributed by atoms with Crippen molar-refractivity contribution in [3.05, 3.63) is 40.1 Å². The molecular weight excluding hydrogens is 360 g/mol. The molecule has 0 fully saturated rings. The number of rotatable bonds is 7. The molecule has 0 aliphatic rings. The molecule has 2 rings (SSSR count). The van der Waals surface area contributed by atoms with Crippen molar-refractivity contribution < 1.29 is 17.9 Å². The Morgan fingerprint density at radius 2 is 1.88 bits per heavy atom. The van der Waals surface area contributed by atoms with E-state index < -0.39 is 10.0 Å². The number of hydrogen-bond donors (Lipinski definition) is 1. The van der Waals surface area contributed by atoms with E-state index in [1.165, 1.54) is 34.9 Å². The molecule has 0 unspecified atom stereocenters. The molecule has 6 nitrogen and oxygen atoms in total. The van der Waals surface area contributed by atoms with Gasteiger partial charge >= 0.3 is 0 Å². The van der Waals surface area contributed by atoms with Gasteiger partial charge in [-0.25, -0.2) is 8.42 Å². The molecular formula is C17H22N2O4S2. The topological polar surface area (TPSA) is 75.7 Å². The normalized spacial score (nSPS) is 11.6. The zero-order valence-corrected chi connectivity index (χ0v) is 16.3. The highest BCUT2D eigenvalue weighted by molar-refractivity contribution is 7.89. The number of aryl methyl sites for hydroxylation is 1. The number of benzene rings is 1. The second-order valence-electron chi connectivity index (χ2n) is 5.32. The molecule has 0 saturated heterocycles. The fraction of sp³-hybridized carbons (Fsp3) is 0.353. The van der Waals surface area contributed by atoms with Crippen molar-refractivity contribution >= 4 is 33.0 Å². The molecule has 0 saturated carbocycles. The molecule has 25 heavy (non-hydrogen) atoms. The molecule has 1 heterocycles. The van der Waals surface area contributed by atoms with Gasteiger partial charge in [-0.2, -0.15) is 4.31 Å². The van der Waals surface area contributed by atoms with Crippen molar-refractivity contribution in [2.75, 3.05) is 25.5 Å². The molecule has 1 aromatic heterocycles. The minimum Gasteiger partial charge on any atom is -0.495 e. The number of ether oxygens (including phenoxy) is 1. The Morgan fingerprint density at radius 3 is 2.40 bits per heavy atom. The second-order valence-corrected chi connectivity index (χ2v) is 8.54. The van der Waals surface area contributed by atoms with Crippen LogP contribution in [0.4, 0.5) is 5.69 Å². The Bertz CT molecular complexity index is 855. The number of thiophene rings is 1. The van der Waals surface area contributed by atoms with Crippen LogP contribution in [0.1, 0.15) is 28.4 Å². The van der Waals surface area contributed by atoms with Crippen LogP contribution in [0.3, 0.4) is 0 Å². The van der Waals surface area contributed by atoms with Gasteiger partial charge in [-0.05, 0) is 37.3 Å². The van der Waals surface area contributed by atoms with Crippen molar-refractivity contribution in [1.82, 2.24) is 4.31 Å². The molecule has 0 spiro atoms. The van der Waals surface area contributed by atoms with Crippen LogP contribution in [-0.4, -0.2) is 38.8 Å². The van der Waals surface area contributed by atoms with Crippen molar-refractivity contribution in [2.45, 2.75) is 25.7 Å². The summed E-state index contributed by atoms with van der Waals surface area (Å²) in [6.07, 6.45) is 0. The number of carbonyl (C=O) groups excluding carboxylic acids is 1. The van der Waals surface area contributed by atoms with Crippen LogP contribution in [0, 0.1) is 6.92 Å². The highest BCUT2D eigenvalue weighted by Crippen LogP contribution is 2.30. The van der Waals surface area contributed by atoms with E-state index in [0.29, 0.717) is 29.4 Å². The van der Waals surface area contributed by atoms with Gasteiger partial charge < -0.3 is 10.1 Å². The summed E-state index contributed by atoms with van der Waals surface area (Å²) in [6.45, 7) is 6.24. The molecule has 1 amide bonds. The number of nitrogens with zero attached hydrogens (tertiary/aromatic N) is 1. The number of nitrogens with one attached hydrogen (secondary N) is 1. The van der Waals surface area contributed by atoms with Crippen LogP contribution in [0.15, 0.2) is 35.2 Å². The summed E-state index contributed by atoms with van der Waals surface area (Å²) in [7, 11) is -2.14. The van der Waals surface area contributed by atoms with E-state index >= 15 is 0 Å². The van der Waals surface area contributed by atoms with Crippen molar-refractivity contribution in [1.29, 1.82) is 0 Å². The van der Waals surface area contributed by atoms with Crippen LogP contribution in [0.5, 0.6) is 5.75 Å². The van der Waals surface area contributed by atoms with E-state index in [0.717, 1.165) is 4.88 Å². The molecule has 0 radical (unpaired) electrons. The predicted molar refractivity (Wildman–Crippen MR) is 100 cm³/mol. The van der Waals surface area contributed by atoms with Crippen LogP contribution in [-0.2, 0) is 10.0 Å². The van der Waals surface area contributed by atoms with Gasteiger partial charge in [0.2, 0.25) is 10.0 Å². The fourth-order valence-corrected chi connectivity index (χ4v) is 4.65. The van der Waals surface area contributed by atoms with E-state index in [1.54, 1.807) is 26.0 Å². The first-order valence-corrected chi connectivity index (χ1v) is 10.1. The van der Waals surface area contributed by atoms with Gasteiger partial charge in [0.25, 0.3) is 5.91 Å². The highest BCUT2D eigenvalue weighted by atomic mass is 32.2. The smallest absolute Gasteiger partial charge is 0.265 e. The number of anilines is 1. The Hall–Kier alpha value is -1.90. The number of sulfonamides is 1. The average molecular weight is 383 g/mol. The minimum absolute atomic E-state index is 0.120.